The van der Waals surface area contributed by atoms with Crippen LogP contribution < -0.4 is 26.7 Å². The fourth-order valence-corrected chi connectivity index (χ4v) is 3.90. The smallest absolute Gasteiger partial charge is 0.316 e. The van der Waals surface area contributed by atoms with E-state index in [1.165, 1.54) is 0 Å². The van der Waals surface area contributed by atoms with Gasteiger partial charge < -0.3 is 22.1 Å². The lowest BCUT2D eigenvalue weighted by atomic mass is 9.98. The summed E-state index contributed by atoms with van der Waals surface area (Å²) >= 11 is 0. The van der Waals surface area contributed by atoms with Gasteiger partial charge in [-0.25, -0.2) is 9.59 Å². The van der Waals surface area contributed by atoms with Crippen LogP contribution in [-0.2, 0) is 6.54 Å². The van der Waals surface area contributed by atoms with Gasteiger partial charge in [0.1, 0.15) is 6.54 Å². The number of pyridine rings is 1. The van der Waals surface area contributed by atoms with Crippen molar-refractivity contribution >= 4 is 57.5 Å². The Morgan fingerprint density at radius 1 is 0.806 bits per heavy atom. The maximum absolute atomic E-state index is 11.4. The Kier molecular flexibility index (Phi) is 6.27. The van der Waals surface area contributed by atoms with Crippen LogP contribution in [0.4, 0.5) is 21.0 Å². The van der Waals surface area contributed by atoms with Crippen molar-refractivity contribution in [3.05, 3.63) is 66.7 Å². The van der Waals surface area contributed by atoms with Crippen molar-refractivity contribution in [1.82, 2.24) is 0 Å². The fourth-order valence-electron chi connectivity index (χ4n) is 3.90. The van der Waals surface area contributed by atoms with Crippen molar-refractivity contribution < 1.29 is 14.2 Å². The van der Waals surface area contributed by atoms with Crippen LogP contribution in [0.15, 0.2) is 66.7 Å². The molecule has 0 saturated carbocycles. The van der Waals surface area contributed by atoms with E-state index >= 15 is 0 Å². The van der Waals surface area contributed by atoms with Crippen LogP contribution in [0.2, 0.25) is 0 Å². The number of hydrogen-bond acceptors (Lipinski definition) is 2. The normalized spacial score (nSPS) is 10.5. The number of hydrogen-bond donors (Lipinski definition) is 4. The van der Waals surface area contributed by atoms with Crippen molar-refractivity contribution in [2.45, 2.75) is 13.5 Å². The monoisotopic (exact) mass is 436 g/mol. The van der Waals surface area contributed by atoms with E-state index in [1.54, 1.807) is 0 Å². The van der Waals surface area contributed by atoms with Gasteiger partial charge in [-0.3, -0.25) is 0 Å². The van der Waals surface area contributed by atoms with Crippen molar-refractivity contribution in [2.75, 3.05) is 10.6 Å². The fraction of sp³-hybridized carbons (Fsp3) is 0.0870. The van der Waals surface area contributed by atoms with Crippen molar-refractivity contribution in [2.24, 2.45) is 11.5 Å². The summed E-state index contributed by atoms with van der Waals surface area (Å²) in [5.41, 5.74) is 14.9. The van der Waals surface area contributed by atoms with Gasteiger partial charge >= 0.3 is 12.1 Å². The highest BCUT2D eigenvalue weighted by Crippen LogP contribution is 2.34. The molecule has 0 bridgehead atoms. The molecule has 3 aromatic carbocycles. The highest BCUT2D eigenvalue weighted by Gasteiger charge is 2.23. The lowest BCUT2D eigenvalue weighted by Gasteiger charge is -2.13. The Labute approximate surface area is 185 Å². The molecule has 1 heterocycles. The number of benzene rings is 3. The Hall–Kier alpha value is -3.84. The van der Waals surface area contributed by atoms with E-state index in [2.05, 4.69) is 22.1 Å². The summed E-state index contributed by atoms with van der Waals surface area (Å²) in [4.78, 5) is 22.7. The van der Waals surface area contributed by atoms with Crippen molar-refractivity contribution in [3.8, 4) is 11.3 Å². The lowest BCUT2D eigenvalue weighted by molar-refractivity contribution is -0.655. The molecule has 4 aromatic rings. The minimum Gasteiger partial charge on any atom is -0.351 e. The van der Waals surface area contributed by atoms with E-state index in [1.807, 2.05) is 66.7 Å². The van der Waals surface area contributed by atoms with Gasteiger partial charge in [-0.2, -0.15) is 4.57 Å². The number of urea groups is 2. The van der Waals surface area contributed by atoms with Crippen LogP contribution in [0.5, 0.6) is 0 Å². The highest BCUT2D eigenvalue weighted by molar-refractivity contribution is 6.11. The highest BCUT2D eigenvalue weighted by atomic mass is 35.5. The number of halogens is 1. The SMILES string of the molecule is CC[n+]1c(-c2ccccc2)c2cc(NC(N)=O)ccc2c2ccc(NC(N)=O)cc21.Cl. The van der Waals surface area contributed by atoms with Gasteiger partial charge in [-0.1, -0.05) is 24.3 Å². The Bertz CT molecular complexity index is 1290. The molecule has 0 saturated heterocycles. The quantitative estimate of drug-likeness (QED) is 0.281. The maximum Gasteiger partial charge on any atom is 0.316 e. The van der Waals surface area contributed by atoms with Gasteiger partial charge in [-0.05, 0) is 43.3 Å². The number of fused-ring (bicyclic) bond motifs is 3. The first-order valence-corrected chi connectivity index (χ1v) is 9.59. The third kappa shape index (κ3) is 4.22. The van der Waals surface area contributed by atoms with Crippen LogP contribution in [0.1, 0.15) is 6.92 Å². The molecular formula is C23H23ClN5O2+. The molecule has 0 aliphatic carbocycles. The number of aromatic nitrogens is 1. The molecule has 0 aliphatic rings. The standard InChI is InChI=1S/C23H21N5O2.ClH/c1-2-28-20-13-16(27-23(25)30)9-11-18(20)17-10-8-15(26-22(24)29)12-19(17)21(28)14-6-4-3-5-7-14;/h3-13H,2H2,1H3,(H5,24,25,26,29,30);1H/p+1. The molecule has 8 heteroatoms. The molecule has 31 heavy (non-hydrogen) atoms. The van der Waals surface area contributed by atoms with Crippen LogP contribution >= 0.6 is 12.4 Å². The Morgan fingerprint density at radius 2 is 1.39 bits per heavy atom. The first kappa shape index (κ1) is 21.9. The average molecular weight is 437 g/mol. The van der Waals surface area contributed by atoms with Gasteiger partial charge in [0, 0.05) is 28.4 Å². The first-order valence-electron chi connectivity index (χ1n) is 9.59. The summed E-state index contributed by atoms with van der Waals surface area (Å²) in [7, 11) is 0. The zero-order chi connectivity index (χ0) is 21.3. The Morgan fingerprint density at radius 3 is 1.97 bits per heavy atom. The van der Waals surface area contributed by atoms with Gasteiger partial charge in [0.05, 0.1) is 10.8 Å². The topological polar surface area (TPSA) is 114 Å². The van der Waals surface area contributed by atoms with E-state index < -0.39 is 12.1 Å². The predicted octanol–water partition coefficient (Wildman–Crippen LogP) is 4.37. The second-order valence-electron chi connectivity index (χ2n) is 6.93. The van der Waals surface area contributed by atoms with E-state index in [0.29, 0.717) is 17.9 Å². The molecule has 0 atom stereocenters. The van der Waals surface area contributed by atoms with E-state index in [-0.39, 0.29) is 12.4 Å². The number of aryl methyl sites for hydroxylation is 1. The third-order valence-electron chi connectivity index (χ3n) is 5.02. The molecule has 0 spiro atoms. The van der Waals surface area contributed by atoms with E-state index in [9.17, 15) is 9.59 Å². The van der Waals surface area contributed by atoms with Crippen molar-refractivity contribution in [1.29, 1.82) is 0 Å². The minimum absolute atomic E-state index is 0. The number of anilines is 2. The summed E-state index contributed by atoms with van der Waals surface area (Å²) in [5, 5.41) is 8.34. The van der Waals surface area contributed by atoms with Crippen molar-refractivity contribution in [3.63, 3.8) is 0 Å². The molecule has 0 unspecified atom stereocenters. The number of primary amides is 2. The molecular weight excluding hydrogens is 414 g/mol. The number of carbonyl (C=O) groups is 2. The van der Waals surface area contributed by atoms with Crippen LogP contribution in [0, 0.1) is 0 Å². The van der Waals surface area contributed by atoms with E-state index in [0.717, 1.165) is 32.9 Å². The molecule has 4 amide bonds. The summed E-state index contributed by atoms with van der Waals surface area (Å²) < 4.78 is 2.19. The summed E-state index contributed by atoms with van der Waals surface area (Å²) in [6, 6.07) is 20.3. The van der Waals surface area contributed by atoms with Gasteiger partial charge in [0.25, 0.3) is 0 Å². The van der Waals surface area contributed by atoms with Crippen LogP contribution in [0.25, 0.3) is 32.9 Å². The lowest BCUT2D eigenvalue weighted by Crippen LogP contribution is -2.36. The average Bonchev–Trinajstić information content (AvgIpc) is 2.72. The second kappa shape index (κ2) is 8.89. The predicted molar refractivity (Wildman–Crippen MR) is 126 cm³/mol. The zero-order valence-corrected chi connectivity index (χ0v) is 17.7. The molecule has 0 fully saturated rings. The zero-order valence-electron chi connectivity index (χ0n) is 16.9. The first-order chi connectivity index (χ1) is 14.5. The Balaban J connectivity index is 0.00000272. The molecule has 0 radical (unpaired) electrons. The molecule has 0 aliphatic heterocycles. The summed E-state index contributed by atoms with van der Waals surface area (Å²) in [6.45, 7) is 2.77. The number of amides is 4. The molecule has 7 nitrogen and oxygen atoms in total. The minimum atomic E-state index is -0.609. The van der Waals surface area contributed by atoms with Crippen LogP contribution in [0.3, 0.4) is 0 Å². The number of nitrogens with zero attached hydrogens (tertiary/aromatic N) is 1. The molecule has 1 aromatic heterocycles. The maximum atomic E-state index is 11.4. The third-order valence-corrected chi connectivity index (χ3v) is 5.02. The second-order valence-corrected chi connectivity index (χ2v) is 6.93. The number of rotatable bonds is 4. The molecule has 4 rings (SSSR count). The number of nitrogens with two attached hydrogens (primary N) is 2. The largest absolute Gasteiger partial charge is 0.351 e. The van der Waals surface area contributed by atoms with E-state index in [4.69, 9.17) is 11.5 Å². The number of carbonyl (C=O) groups excluding carboxylic acids is 2. The molecule has 158 valence electrons. The summed E-state index contributed by atoms with van der Waals surface area (Å²) in [5.74, 6) is 0. The van der Waals surface area contributed by atoms with Crippen LogP contribution in [-0.4, -0.2) is 12.1 Å². The van der Waals surface area contributed by atoms with Gasteiger partial charge in [0.15, 0.2) is 0 Å². The summed E-state index contributed by atoms with van der Waals surface area (Å²) in [6.07, 6.45) is 0. The van der Waals surface area contributed by atoms with Gasteiger partial charge in [-0.15, -0.1) is 12.4 Å². The number of nitrogens with one attached hydrogen (secondary N) is 2. The molecule has 6 N–H and O–H groups in total. The van der Waals surface area contributed by atoms with Gasteiger partial charge in [0.2, 0.25) is 11.2 Å².